The molecule has 16 heavy (non-hydrogen) atoms. The molecule has 5 nitrogen and oxygen atoms in total. The molecule has 0 aliphatic carbocycles. The van der Waals surface area contributed by atoms with Crippen LogP contribution >= 0.6 is 11.8 Å². The van der Waals surface area contributed by atoms with E-state index in [1.807, 2.05) is 6.92 Å². The van der Waals surface area contributed by atoms with Crippen molar-refractivity contribution in [2.45, 2.75) is 11.8 Å². The van der Waals surface area contributed by atoms with Crippen LogP contribution in [0.25, 0.3) is 0 Å². The summed E-state index contributed by atoms with van der Waals surface area (Å²) in [6, 6.07) is 4.66. The van der Waals surface area contributed by atoms with Crippen molar-refractivity contribution in [2.24, 2.45) is 5.92 Å². The van der Waals surface area contributed by atoms with Crippen LogP contribution in [0.1, 0.15) is 6.92 Å². The van der Waals surface area contributed by atoms with Crippen molar-refractivity contribution in [2.75, 3.05) is 18.1 Å². The van der Waals surface area contributed by atoms with Crippen LogP contribution in [0.4, 0.5) is 11.4 Å². The second kappa shape index (κ2) is 5.72. The van der Waals surface area contributed by atoms with Crippen LogP contribution < -0.4 is 5.73 Å². The average Bonchev–Trinajstić information content (AvgIpc) is 2.25. The minimum atomic E-state index is -0.500. The molecule has 1 unspecified atom stereocenters. The summed E-state index contributed by atoms with van der Waals surface area (Å²) in [5.41, 5.74) is 5.66. The van der Waals surface area contributed by atoms with Crippen molar-refractivity contribution in [3.63, 3.8) is 0 Å². The summed E-state index contributed by atoms with van der Waals surface area (Å²) in [6.07, 6.45) is 0. The van der Waals surface area contributed by atoms with Crippen LogP contribution in [0.5, 0.6) is 0 Å². The lowest BCUT2D eigenvalue weighted by molar-refractivity contribution is -0.383. The summed E-state index contributed by atoms with van der Waals surface area (Å²) in [4.78, 5) is 10.9. The van der Waals surface area contributed by atoms with Crippen molar-refractivity contribution in [3.8, 4) is 0 Å². The van der Waals surface area contributed by atoms with Gasteiger partial charge < -0.3 is 10.8 Å². The Kier molecular flexibility index (Phi) is 4.57. The van der Waals surface area contributed by atoms with Crippen LogP contribution in [-0.2, 0) is 0 Å². The molecule has 0 spiro atoms. The van der Waals surface area contributed by atoms with Gasteiger partial charge in [0.25, 0.3) is 5.69 Å². The lowest BCUT2D eigenvalue weighted by Crippen LogP contribution is -2.03. The molecule has 0 aliphatic rings. The van der Waals surface area contributed by atoms with Crippen molar-refractivity contribution in [1.29, 1.82) is 0 Å². The van der Waals surface area contributed by atoms with Gasteiger partial charge in [0.2, 0.25) is 0 Å². The van der Waals surface area contributed by atoms with E-state index in [1.165, 1.54) is 17.8 Å². The highest BCUT2D eigenvalue weighted by Crippen LogP contribution is 2.28. The summed E-state index contributed by atoms with van der Waals surface area (Å²) < 4.78 is 0. The van der Waals surface area contributed by atoms with Gasteiger partial charge in [-0.25, -0.2) is 0 Å². The number of hydrogen-bond donors (Lipinski definition) is 2. The molecule has 1 atom stereocenters. The van der Waals surface area contributed by atoms with E-state index >= 15 is 0 Å². The third kappa shape index (κ3) is 3.39. The minimum absolute atomic E-state index is 0.0699. The highest BCUT2D eigenvalue weighted by atomic mass is 32.2. The molecule has 0 bridgehead atoms. The summed E-state index contributed by atoms with van der Waals surface area (Å²) in [5.74, 6) is 0.953. The Labute approximate surface area is 97.8 Å². The van der Waals surface area contributed by atoms with Crippen LogP contribution in [0.3, 0.4) is 0 Å². The minimum Gasteiger partial charge on any atom is -0.396 e. The second-order valence-electron chi connectivity index (χ2n) is 3.58. The zero-order valence-corrected chi connectivity index (χ0v) is 9.74. The van der Waals surface area contributed by atoms with Gasteiger partial charge in [0.05, 0.1) is 4.92 Å². The number of aliphatic hydroxyl groups is 1. The van der Waals surface area contributed by atoms with Gasteiger partial charge in [-0.2, -0.15) is 0 Å². The first kappa shape index (κ1) is 12.8. The van der Waals surface area contributed by atoms with Gasteiger partial charge >= 0.3 is 0 Å². The maximum Gasteiger partial charge on any atom is 0.292 e. The molecule has 0 radical (unpaired) electrons. The maximum absolute atomic E-state index is 10.5. The number of thioether (sulfide) groups is 1. The molecule has 0 amide bonds. The normalized spacial score (nSPS) is 12.4. The largest absolute Gasteiger partial charge is 0.396 e. The molecule has 1 aromatic carbocycles. The first-order chi connectivity index (χ1) is 7.54. The van der Waals surface area contributed by atoms with Gasteiger partial charge in [-0.1, -0.05) is 6.92 Å². The summed E-state index contributed by atoms with van der Waals surface area (Å²) in [6.45, 7) is 2.07. The number of aliphatic hydroxyl groups excluding tert-OH is 1. The molecule has 88 valence electrons. The number of hydrogen-bond acceptors (Lipinski definition) is 5. The van der Waals surface area contributed by atoms with E-state index in [0.29, 0.717) is 0 Å². The quantitative estimate of drug-likeness (QED) is 0.356. The number of nitro groups is 1. The van der Waals surface area contributed by atoms with Gasteiger partial charge in [-0.15, -0.1) is 11.8 Å². The van der Waals surface area contributed by atoms with Gasteiger partial charge in [0.1, 0.15) is 5.69 Å². The second-order valence-corrected chi connectivity index (χ2v) is 4.67. The fourth-order valence-electron chi connectivity index (χ4n) is 1.08. The van der Waals surface area contributed by atoms with Crippen molar-refractivity contribution < 1.29 is 10.0 Å². The first-order valence-electron chi connectivity index (χ1n) is 4.82. The third-order valence-electron chi connectivity index (χ3n) is 2.04. The van der Waals surface area contributed by atoms with E-state index in [-0.39, 0.29) is 23.9 Å². The molecule has 1 aromatic rings. The summed E-state index contributed by atoms with van der Waals surface area (Å²) in [5, 5.41) is 19.4. The molecular weight excluding hydrogens is 228 g/mol. The molecule has 0 saturated carbocycles. The lowest BCUT2D eigenvalue weighted by atomic mass is 10.2. The Morgan fingerprint density at radius 3 is 2.81 bits per heavy atom. The number of anilines is 1. The zero-order valence-electron chi connectivity index (χ0n) is 8.92. The fourth-order valence-corrected chi connectivity index (χ4v) is 2.04. The monoisotopic (exact) mass is 242 g/mol. The molecule has 0 fully saturated rings. The molecule has 6 heteroatoms. The maximum atomic E-state index is 10.5. The van der Waals surface area contributed by atoms with E-state index in [0.717, 1.165) is 10.6 Å². The van der Waals surface area contributed by atoms with Crippen LogP contribution in [0.15, 0.2) is 23.1 Å². The Morgan fingerprint density at radius 2 is 2.31 bits per heavy atom. The molecular formula is C10H14N2O3S. The topological polar surface area (TPSA) is 89.4 Å². The molecule has 0 aliphatic heterocycles. The number of nitrogens with zero attached hydrogens (tertiary/aromatic N) is 1. The van der Waals surface area contributed by atoms with E-state index in [9.17, 15) is 10.1 Å². The molecule has 0 aromatic heterocycles. The predicted molar refractivity (Wildman–Crippen MR) is 64.5 cm³/mol. The Balaban J connectivity index is 2.70. The smallest absolute Gasteiger partial charge is 0.292 e. The molecule has 1 rings (SSSR count). The Bertz CT molecular complexity index is 384. The highest BCUT2D eigenvalue weighted by molar-refractivity contribution is 7.99. The number of benzene rings is 1. The van der Waals surface area contributed by atoms with Gasteiger partial charge in [0, 0.05) is 23.3 Å². The lowest BCUT2D eigenvalue weighted by Gasteiger charge is -2.07. The number of rotatable bonds is 5. The van der Waals surface area contributed by atoms with E-state index < -0.39 is 4.92 Å². The van der Waals surface area contributed by atoms with Crippen molar-refractivity contribution >= 4 is 23.1 Å². The molecule has 0 heterocycles. The van der Waals surface area contributed by atoms with E-state index in [4.69, 9.17) is 10.8 Å². The third-order valence-corrected chi connectivity index (χ3v) is 3.36. The summed E-state index contributed by atoms with van der Waals surface area (Å²) >= 11 is 1.53. The van der Waals surface area contributed by atoms with E-state index in [1.54, 1.807) is 12.1 Å². The van der Waals surface area contributed by atoms with Gasteiger partial charge in [-0.3, -0.25) is 10.1 Å². The number of nitrogen functional groups attached to an aromatic ring is 1. The molecule has 0 saturated heterocycles. The SMILES string of the molecule is CC(CO)CSc1ccc([N+](=O)[O-])c(N)c1. The standard InChI is InChI=1S/C10H14N2O3S/c1-7(5-13)6-16-8-2-3-10(12(14)15)9(11)4-8/h2-4,7,13H,5-6,11H2,1H3. The number of nitrogens with two attached hydrogens (primary N) is 1. The number of nitro benzene ring substituents is 1. The van der Waals surface area contributed by atoms with Crippen LogP contribution in [-0.4, -0.2) is 22.4 Å². The summed E-state index contributed by atoms with van der Waals surface area (Å²) in [7, 11) is 0. The van der Waals surface area contributed by atoms with E-state index in [2.05, 4.69) is 0 Å². The van der Waals surface area contributed by atoms with Gasteiger partial charge in [0.15, 0.2) is 0 Å². The van der Waals surface area contributed by atoms with Gasteiger partial charge in [-0.05, 0) is 18.1 Å². The predicted octanol–water partition coefficient (Wildman–Crippen LogP) is 1.90. The van der Waals surface area contributed by atoms with Crippen LogP contribution in [0.2, 0.25) is 0 Å². The average molecular weight is 242 g/mol. The van der Waals surface area contributed by atoms with Crippen molar-refractivity contribution in [3.05, 3.63) is 28.3 Å². The Morgan fingerprint density at radius 1 is 1.62 bits per heavy atom. The highest BCUT2D eigenvalue weighted by Gasteiger charge is 2.11. The van der Waals surface area contributed by atoms with Crippen LogP contribution in [0, 0.1) is 16.0 Å². The zero-order chi connectivity index (χ0) is 12.1. The van der Waals surface area contributed by atoms with Crippen molar-refractivity contribution in [1.82, 2.24) is 0 Å². The Hall–Kier alpha value is -1.27. The molecule has 3 N–H and O–H groups in total. The first-order valence-corrected chi connectivity index (χ1v) is 5.80. The fraction of sp³-hybridized carbons (Fsp3) is 0.400.